The van der Waals surface area contributed by atoms with E-state index in [-0.39, 0.29) is 0 Å². The molecule has 1 aromatic carbocycles. The summed E-state index contributed by atoms with van der Waals surface area (Å²) < 4.78 is 5.60. The van der Waals surface area contributed by atoms with Crippen molar-refractivity contribution in [1.82, 2.24) is 9.97 Å². The van der Waals surface area contributed by atoms with E-state index in [0.717, 1.165) is 31.0 Å². The van der Waals surface area contributed by atoms with E-state index in [1.54, 1.807) is 0 Å². The second-order valence-corrected chi connectivity index (χ2v) is 3.76. The number of para-hydroxylation sites is 1. The molecule has 0 saturated carbocycles. The lowest BCUT2D eigenvalue weighted by atomic mass is 10.2. The zero-order valence-electron chi connectivity index (χ0n) is 9.44. The average Bonchev–Trinajstić information content (AvgIpc) is 2.72. The molecule has 2 aromatic rings. The van der Waals surface area contributed by atoms with Gasteiger partial charge in [-0.15, -0.1) is 0 Å². The first-order valence-electron chi connectivity index (χ1n) is 5.53. The van der Waals surface area contributed by atoms with Gasteiger partial charge in [-0.25, -0.2) is 4.98 Å². The lowest BCUT2D eigenvalue weighted by Crippen LogP contribution is -1.99. The minimum atomic E-state index is 0.738. The van der Waals surface area contributed by atoms with Crippen molar-refractivity contribution in [1.29, 1.82) is 0 Å². The van der Waals surface area contributed by atoms with Gasteiger partial charge in [0.15, 0.2) is 0 Å². The molecule has 1 heterocycles. The molecule has 0 radical (unpaired) electrons. The molecule has 2 rings (SSSR count). The first-order chi connectivity index (χ1) is 7.84. The summed E-state index contributed by atoms with van der Waals surface area (Å²) in [7, 11) is 0. The number of benzene rings is 1. The van der Waals surface area contributed by atoms with Crippen LogP contribution >= 0.6 is 0 Å². The van der Waals surface area contributed by atoms with E-state index < -0.39 is 0 Å². The fraction of sp³-hybridized carbons (Fsp3) is 0.308. The Labute approximate surface area is 95.5 Å². The van der Waals surface area contributed by atoms with Crippen LogP contribution in [0.15, 0.2) is 36.5 Å². The van der Waals surface area contributed by atoms with Gasteiger partial charge in [-0.1, -0.05) is 18.2 Å². The summed E-state index contributed by atoms with van der Waals surface area (Å²) in [5.41, 5.74) is 1.18. The topological polar surface area (TPSA) is 37.9 Å². The molecular formula is C13H16N2O. The van der Waals surface area contributed by atoms with Gasteiger partial charge in [0.25, 0.3) is 0 Å². The SMILES string of the molecule is Cc1ncc(CCCOc2ccccc2)[nH]1. The Hall–Kier alpha value is -1.77. The normalized spacial score (nSPS) is 10.3. The van der Waals surface area contributed by atoms with Gasteiger partial charge in [-0.3, -0.25) is 0 Å². The minimum Gasteiger partial charge on any atom is -0.494 e. The number of nitrogens with one attached hydrogen (secondary N) is 1. The smallest absolute Gasteiger partial charge is 0.119 e. The first-order valence-corrected chi connectivity index (χ1v) is 5.53. The molecule has 16 heavy (non-hydrogen) atoms. The van der Waals surface area contributed by atoms with Gasteiger partial charge in [0.2, 0.25) is 0 Å². The van der Waals surface area contributed by atoms with Crippen LogP contribution in [0, 0.1) is 6.92 Å². The van der Waals surface area contributed by atoms with E-state index in [4.69, 9.17) is 4.74 Å². The molecule has 0 unspecified atom stereocenters. The number of imidazole rings is 1. The second-order valence-electron chi connectivity index (χ2n) is 3.76. The van der Waals surface area contributed by atoms with Crippen LogP contribution in [0.3, 0.4) is 0 Å². The van der Waals surface area contributed by atoms with E-state index in [9.17, 15) is 0 Å². The standard InChI is InChI=1S/C13H16N2O/c1-11-14-10-12(15-11)6-5-9-16-13-7-3-2-4-8-13/h2-4,7-8,10H,5-6,9H2,1H3,(H,14,15). The van der Waals surface area contributed by atoms with Gasteiger partial charge in [0, 0.05) is 11.9 Å². The highest BCUT2D eigenvalue weighted by atomic mass is 16.5. The van der Waals surface area contributed by atoms with Crippen LogP contribution in [0.1, 0.15) is 17.9 Å². The van der Waals surface area contributed by atoms with Crippen molar-refractivity contribution in [3.05, 3.63) is 48.0 Å². The van der Waals surface area contributed by atoms with Crippen LogP contribution in [0.5, 0.6) is 5.75 Å². The van der Waals surface area contributed by atoms with E-state index in [2.05, 4.69) is 9.97 Å². The predicted molar refractivity (Wildman–Crippen MR) is 63.6 cm³/mol. The summed E-state index contributed by atoms with van der Waals surface area (Å²) in [5, 5.41) is 0. The quantitative estimate of drug-likeness (QED) is 0.780. The average molecular weight is 216 g/mol. The van der Waals surface area contributed by atoms with Gasteiger partial charge in [-0.05, 0) is 31.9 Å². The van der Waals surface area contributed by atoms with Gasteiger partial charge in [0.05, 0.1) is 6.61 Å². The molecule has 0 aliphatic carbocycles. The van der Waals surface area contributed by atoms with E-state index in [1.165, 1.54) is 5.69 Å². The highest BCUT2D eigenvalue weighted by Gasteiger charge is 1.97. The Morgan fingerprint density at radius 2 is 2.06 bits per heavy atom. The number of H-pyrrole nitrogens is 1. The molecule has 0 spiro atoms. The summed E-state index contributed by atoms with van der Waals surface area (Å²) in [4.78, 5) is 7.37. The second kappa shape index (κ2) is 5.35. The number of aromatic amines is 1. The van der Waals surface area contributed by atoms with E-state index >= 15 is 0 Å². The number of ether oxygens (including phenoxy) is 1. The predicted octanol–water partition coefficient (Wildman–Crippen LogP) is 2.73. The highest BCUT2D eigenvalue weighted by molar-refractivity contribution is 5.20. The number of hydrogen-bond acceptors (Lipinski definition) is 2. The third kappa shape index (κ3) is 3.12. The zero-order chi connectivity index (χ0) is 11.2. The maximum Gasteiger partial charge on any atom is 0.119 e. The number of nitrogens with zero attached hydrogens (tertiary/aromatic N) is 1. The third-order valence-electron chi connectivity index (χ3n) is 2.36. The molecule has 3 nitrogen and oxygen atoms in total. The third-order valence-corrected chi connectivity index (χ3v) is 2.36. The molecule has 0 bridgehead atoms. The molecule has 0 aliphatic rings. The molecule has 3 heteroatoms. The largest absolute Gasteiger partial charge is 0.494 e. The zero-order valence-corrected chi connectivity index (χ0v) is 9.44. The monoisotopic (exact) mass is 216 g/mol. The lowest BCUT2D eigenvalue weighted by Gasteiger charge is -2.04. The van der Waals surface area contributed by atoms with Gasteiger partial charge < -0.3 is 9.72 Å². The van der Waals surface area contributed by atoms with Crippen molar-refractivity contribution in [2.75, 3.05) is 6.61 Å². The minimum absolute atomic E-state index is 0.738. The molecule has 0 saturated heterocycles. The van der Waals surface area contributed by atoms with Crippen molar-refractivity contribution in [2.24, 2.45) is 0 Å². The number of aryl methyl sites for hydroxylation is 2. The Bertz CT molecular complexity index is 423. The van der Waals surface area contributed by atoms with Crippen LogP contribution in [0.25, 0.3) is 0 Å². The Kier molecular flexibility index (Phi) is 3.59. The summed E-state index contributed by atoms with van der Waals surface area (Å²) in [5.74, 6) is 1.90. The molecule has 84 valence electrons. The first kappa shape index (κ1) is 10.7. The number of rotatable bonds is 5. The summed E-state index contributed by atoms with van der Waals surface area (Å²) in [6, 6.07) is 9.89. The van der Waals surface area contributed by atoms with Crippen molar-refractivity contribution < 1.29 is 4.74 Å². The summed E-state index contributed by atoms with van der Waals surface area (Å²) >= 11 is 0. The number of aromatic nitrogens is 2. The lowest BCUT2D eigenvalue weighted by molar-refractivity contribution is 0.310. The van der Waals surface area contributed by atoms with Gasteiger partial charge in [-0.2, -0.15) is 0 Å². The Morgan fingerprint density at radius 1 is 1.25 bits per heavy atom. The van der Waals surface area contributed by atoms with Crippen molar-refractivity contribution in [3.8, 4) is 5.75 Å². The maximum atomic E-state index is 5.60. The fourth-order valence-corrected chi connectivity index (χ4v) is 1.57. The van der Waals surface area contributed by atoms with Crippen LogP contribution in [0.4, 0.5) is 0 Å². The molecule has 0 atom stereocenters. The maximum absolute atomic E-state index is 5.60. The molecule has 0 aliphatic heterocycles. The van der Waals surface area contributed by atoms with Crippen molar-refractivity contribution >= 4 is 0 Å². The van der Waals surface area contributed by atoms with Crippen LogP contribution in [-0.4, -0.2) is 16.6 Å². The molecular weight excluding hydrogens is 200 g/mol. The summed E-state index contributed by atoms with van der Waals surface area (Å²) in [6.07, 6.45) is 3.86. The molecule has 0 fully saturated rings. The highest BCUT2D eigenvalue weighted by Crippen LogP contribution is 2.09. The van der Waals surface area contributed by atoms with Crippen LogP contribution in [-0.2, 0) is 6.42 Å². The van der Waals surface area contributed by atoms with Gasteiger partial charge >= 0.3 is 0 Å². The Balaban J connectivity index is 1.69. The van der Waals surface area contributed by atoms with Crippen molar-refractivity contribution in [3.63, 3.8) is 0 Å². The van der Waals surface area contributed by atoms with Crippen LogP contribution in [0.2, 0.25) is 0 Å². The van der Waals surface area contributed by atoms with Crippen LogP contribution < -0.4 is 4.74 Å². The number of hydrogen-bond donors (Lipinski definition) is 1. The molecule has 1 N–H and O–H groups in total. The van der Waals surface area contributed by atoms with E-state index in [0.29, 0.717) is 0 Å². The van der Waals surface area contributed by atoms with Gasteiger partial charge in [0.1, 0.15) is 11.6 Å². The fourth-order valence-electron chi connectivity index (χ4n) is 1.57. The Morgan fingerprint density at radius 3 is 2.75 bits per heavy atom. The van der Waals surface area contributed by atoms with E-state index in [1.807, 2.05) is 43.5 Å². The van der Waals surface area contributed by atoms with Crippen molar-refractivity contribution in [2.45, 2.75) is 19.8 Å². The summed E-state index contributed by atoms with van der Waals surface area (Å²) in [6.45, 7) is 2.70. The molecule has 1 aromatic heterocycles. The molecule has 0 amide bonds.